The molecule has 0 atom stereocenters. The number of morpholine rings is 1. The van der Waals surface area contributed by atoms with E-state index in [1.807, 2.05) is 24.3 Å². The molecule has 5 rings (SSSR count). The molecule has 0 unspecified atom stereocenters. The first-order valence-corrected chi connectivity index (χ1v) is 12.7. The van der Waals surface area contributed by atoms with Gasteiger partial charge in [0.05, 0.1) is 29.2 Å². The smallest absolute Gasteiger partial charge is 0.339 e. The first kappa shape index (κ1) is 22.0. The van der Waals surface area contributed by atoms with Gasteiger partial charge >= 0.3 is 5.97 Å². The fourth-order valence-electron chi connectivity index (χ4n) is 4.52. The third-order valence-corrected chi connectivity index (χ3v) is 8.19. The predicted molar refractivity (Wildman–Crippen MR) is 124 cm³/mol. The largest absolute Gasteiger partial charge is 0.457 e. The van der Waals surface area contributed by atoms with Gasteiger partial charge in [0.25, 0.3) is 0 Å². The molecule has 1 aromatic heterocycles. The van der Waals surface area contributed by atoms with Crippen molar-refractivity contribution in [1.29, 1.82) is 0 Å². The van der Waals surface area contributed by atoms with Gasteiger partial charge in [0.15, 0.2) is 0 Å². The summed E-state index contributed by atoms with van der Waals surface area (Å²) >= 11 is 0. The van der Waals surface area contributed by atoms with Crippen LogP contribution in [0.4, 0.5) is 0 Å². The Morgan fingerprint density at radius 3 is 2.52 bits per heavy atom. The zero-order valence-electron chi connectivity index (χ0n) is 18.3. The number of pyridine rings is 1. The molecular weight excluding hydrogens is 440 g/mol. The van der Waals surface area contributed by atoms with E-state index in [4.69, 9.17) is 14.5 Å². The zero-order chi connectivity index (χ0) is 22.8. The average Bonchev–Trinajstić information content (AvgIpc) is 2.86. The minimum absolute atomic E-state index is 0.0716. The summed E-state index contributed by atoms with van der Waals surface area (Å²) in [5.41, 5.74) is 4.14. The van der Waals surface area contributed by atoms with Gasteiger partial charge in [-0.25, -0.2) is 13.2 Å². The molecule has 0 bridgehead atoms. The lowest BCUT2D eigenvalue weighted by molar-refractivity contribution is 0.0473. The molecule has 1 aliphatic heterocycles. The van der Waals surface area contributed by atoms with Crippen molar-refractivity contribution >= 4 is 26.9 Å². The fourth-order valence-corrected chi connectivity index (χ4v) is 5.93. The molecule has 0 saturated carbocycles. The molecule has 7 nitrogen and oxygen atoms in total. The molecule has 0 radical (unpaired) electrons. The summed E-state index contributed by atoms with van der Waals surface area (Å²) in [6.45, 7) is 1.58. The number of carbonyl (C=O) groups excluding carboxylic acids is 1. The van der Waals surface area contributed by atoms with Crippen LogP contribution in [0.15, 0.2) is 53.4 Å². The van der Waals surface area contributed by atoms with Crippen LogP contribution >= 0.6 is 0 Å². The number of fused-ring (bicyclic) bond motifs is 2. The van der Waals surface area contributed by atoms with E-state index in [1.54, 1.807) is 24.3 Å². The van der Waals surface area contributed by atoms with E-state index >= 15 is 0 Å². The van der Waals surface area contributed by atoms with Gasteiger partial charge in [-0.3, -0.25) is 4.98 Å². The van der Waals surface area contributed by atoms with Gasteiger partial charge in [-0.1, -0.05) is 30.3 Å². The number of sulfonamides is 1. The van der Waals surface area contributed by atoms with Crippen LogP contribution in [-0.4, -0.2) is 50.0 Å². The molecule has 172 valence electrons. The third kappa shape index (κ3) is 4.38. The highest BCUT2D eigenvalue weighted by molar-refractivity contribution is 7.89. The molecule has 1 fully saturated rings. The molecule has 2 heterocycles. The highest BCUT2D eigenvalue weighted by Crippen LogP contribution is 2.30. The lowest BCUT2D eigenvalue weighted by atomic mass is 9.90. The maximum atomic E-state index is 13.2. The van der Waals surface area contributed by atoms with Gasteiger partial charge in [0, 0.05) is 24.2 Å². The van der Waals surface area contributed by atoms with Crippen LogP contribution < -0.4 is 0 Å². The number of hydrogen-bond donors (Lipinski definition) is 0. The van der Waals surface area contributed by atoms with E-state index in [2.05, 4.69) is 0 Å². The summed E-state index contributed by atoms with van der Waals surface area (Å²) in [7, 11) is -3.55. The van der Waals surface area contributed by atoms with E-state index in [0.29, 0.717) is 31.9 Å². The molecule has 0 spiro atoms. The Balaban J connectivity index is 1.34. The van der Waals surface area contributed by atoms with E-state index in [0.717, 1.165) is 53.4 Å². The predicted octanol–water partition coefficient (Wildman–Crippen LogP) is 3.49. The van der Waals surface area contributed by atoms with Crippen LogP contribution in [0.3, 0.4) is 0 Å². The zero-order valence-corrected chi connectivity index (χ0v) is 19.1. The van der Waals surface area contributed by atoms with Crippen molar-refractivity contribution in [1.82, 2.24) is 9.29 Å². The molecule has 8 heteroatoms. The third-order valence-electron chi connectivity index (χ3n) is 6.27. The highest BCUT2D eigenvalue weighted by Gasteiger charge is 2.26. The first-order valence-electron chi connectivity index (χ1n) is 11.3. The first-order chi connectivity index (χ1) is 16.0. The molecule has 33 heavy (non-hydrogen) atoms. The lowest BCUT2D eigenvalue weighted by Crippen LogP contribution is -2.40. The number of ether oxygens (including phenoxy) is 2. The number of carbonyl (C=O) groups is 1. The molecule has 2 aromatic carbocycles. The van der Waals surface area contributed by atoms with Crippen LogP contribution in [0.1, 0.15) is 40.0 Å². The van der Waals surface area contributed by atoms with E-state index in [9.17, 15) is 13.2 Å². The normalized spacial score (nSPS) is 17.0. The Bertz CT molecular complexity index is 1280. The SMILES string of the molecule is O=C(OCc1ccc(S(=O)(=O)N2CCOCC2)cc1)c1c2c(nc3ccccc13)CCCC2. The van der Waals surface area contributed by atoms with Crippen molar-refractivity contribution < 1.29 is 22.7 Å². The molecule has 0 N–H and O–H groups in total. The molecule has 0 amide bonds. The monoisotopic (exact) mass is 466 g/mol. The number of rotatable bonds is 5. The number of nitrogens with zero attached hydrogens (tertiary/aromatic N) is 2. The Morgan fingerprint density at radius 1 is 1.00 bits per heavy atom. The summed E-state index contributed by atoms with van der Waals surface area (Å²) in [4.78, 5) is 18.2. The number of hydrogen-bond acceptors (Lipinski definition) is 6. The van der Waals surface area contributed by atoms with Crippen LogP contribution in [0.25, 0.3) is 10.9 Å². The van der Waals surface area contributed by atoms with E-state index in [-0.39, 0.29) is 17.5 Å². The summed E-state index contributed by atoms with van der Waals surface area (Å²) < 4.78 is 37.9. The van der Waals surface area contributed by atoms with Crippen molar-refractivity contribution in [2.24, 2.45) is 0 Å². The standard InChI is InChI=1S/C25H26N2O5S/c28-25(24-20-5-1-3-7-22(20)26-23-8-4-2-6-21(23)24)32-17-18-9-11-19(12-10-18)33(29,30)27-13-15-31-16-14-27/h1,3,5,7,9-12H,2,4,6,8,13-17H2. The fraction of sp³-hybridized carbons (Fsp3) is 0.360. The second kappa shape index (κ2) is 9.21. The van der Waals surface area contributed by atoms with Gasteiger partial charge in [-0.05, 0) is 55.0 Å². The van der Waals surface area contributed by atoms with E-state index < -0.39 is 10.0 Å². The number of aryl methyl sites for hydroxylation is 1. The minimum Gasteiger partial charge on any atom is -0.457 e. The van der Waals surface area contributed by atoms with Crippen LogP contribution in [0, 0.1) is 0 Å². The van der Waals surface area contributed by atoms with Gasteiger partial charge in [-0.15, -0.1) is 0 Å². The summed E-state index contributed by atoms with van der Waals surface area (Å²) in [6, 6.07) is 14.2. The maximum Gasteiger partial charge on any atom is 0.339 e. The molecule has 1 saturated heterocycles. The topological polar surface area (TPSA) is 85.8 Å². The highest BCUT2D eigenvalue weighted by atomic mass is 32.2. The van der Waals surface area contributed by atoms with Crippen molar-refractivity contribution in [3.05, 3.63) is 70.9 Å². The number of benzene rings is 2. The molecule has 3 aromatic rings. The molecule has 1 aliphatic carbocycles. The average molecular weight is 467 g/mol. The number of esters is 1. The summed E-state index contributed by atoms with van der Waals surface area (Å²) in [6.07, 6.45) is 3.81. The van der Waals surface area contributed by atoms with Crippen molar-refractivity contribution in [3.63, 3.8) is 0 Å². The quantitative estimate of drug-likeness (QED) is 0.535. The summed E-state index contributed by atoms with van der Waals surface area (Å²) in [5.74, 6) is -0.364. The van der Waals surface area contributed by atoms with Gasteiger partial charge < -0.3 is 9.47 Å². The summed E-state index contributed by atoms with van der Waals surface area (Å²) in [5, 5.41) is 0.815. The lowest BCUT2D eigenvalue weighted by Gasteiger charge is -2.26. The minimum atomic E-state index is -3.55. The number of aromatic nitrogens is 1. The van der Waals surface area contributed by atoms with Gasteiger partial charge in [0.2, 0.25) is 10.0 Å². The molecular formula is C25H26N2O5S. The van der Waals surface area contributed by atoms with Gasteiger partial charge in [0.1, 0.15) is 6.61 Å². The number of para-hydroxylation sites is 1. The van der Waals surface area contributed by atoms with Crippen molar-refractivity contribution in [3.8, 4) is 0 Å². The van der Waals surface area contributed by atoms with Crippen LogP contribution in [0.5, 0.6) is 0 Å². The van der Waals surface area contributed by atoms with Gasteiger partial charge in [-0.2, -0.15) is 4.31 Å². The van der Waals surface area contributed by atoms with Crippen LogP contribution in [0.2, 0.25) is 0 Å². The van der Waals surface area contributed by atoms with E-state index in [1.165, 1.54) is 4.31 Å². The van der Waals surface area contributed by atoms with Crippen LogP contribution in [-0.2, 0) is 38.9 Å². The second-order valence-corrected chi connectivity index (χ2v) is 10.3. The Hall–Kier alpha value is -2.81. The second-order valence-electron chi connectivity index (χ2n) is 8.37. The Kier molecular flexibility index (Phi) is 6.14. The Labute approximate surface area is 193 Å². The maximum absolute atomic E-state index is 13.2. The molecule has 2 aliphatic rings. The Morgan fingerprint density at radius 2 is 1.73 bits per heavy atom. The van der Waals surface area contributed by atoms with Crippen molar-refractivity contribution in [2.45, 2.75) is 37.2 Å². The van der Waals surface area contributed by atoms with Crippen molar-refractivity contribution in [2.75, 3.05) is 26.3 Å².